The van der Waals surface area contributed by atoms with Gasteiger partial charge in [0.2, 0.25) is 0 Å². The Morgan fingerprint density at radius 1 is 0.917 bits per heavy atom. The highest BCUT2D eigenvalue weighted by Gasteiger charge is 2.72. The Labute approximate surface area is 225 Å². The summed E-state index contributed by atoms with van der Waals surface area (Å²) < 4.78 is 0. The molecule has 0 spiro atoms. The summed E-state index contributed by atoms with van der Waals surface area (Å²) in [5.74, 6) is 1.13. The quantitative estimate of drug-likeness (QED) is 0.224. The van der Waals surface area contributed by atoms with Crippen LogP contribution in [0.25, 0.3) is 0 Å². The molecule has 4 rings (SSSR count). The first-order valence-corrected chi connectivity index (χ1v) is 15.9. The lowest BCUT2D eigenvalue weighted by molar-refractivity contribution is -0.270. The van der Waals surface area contributed by atoms with Crippen molar-refractivity contribution in [3.8, 4) is 0 Å². The Bertz CT molecular complexity index is 851. The van der Waals surface area contributed by atoms with E-state index < -0.39 is 6.10 Å². The normalized spacial score (nSPS) is 47.9. The molecule has 204 valence electrons. The molecule has 11 atom stereocenters. The van der Waals surface area contributed by atoms with Crippen LogP contribution < -0.4 is 0 Å². The van der Waals surface area contributed by atoms with Gasteiger partial charge < -0.3 is 15.3 Å². The summed E-state index contributed by atoms with van der Waals surface area (Å²) in [6.45, 7) is 20.1. The van der Waals surface area contributed by atoms with Crippen molar-refractivity contribution in [2.45, 2.75) is 119 Å². The van der Waals surface area contributed by atoms with Crippen molar-refractivity contribution in [3.63, 3.8) is 0 Å². The topological polar surface area (TPSA) is 60.7 Å². The van der Waals surface area contributed by atoms with Crippen molar-refractivity contribution in [3.05, 3.63) is 23.3 Å². The van der Waals surface area contributed by atoms with Crippen molar-refractivity contribution in [2.24, 2.45) is 45.3 Å². The molecule has 3 N–H and O–H groups in total. The van der Waals surface area contributed by atoms with Crippen LogP contribution in [0.4, 0.5) is 0 Å². The van der Waals surface area contributed by atoms with E-state index in [0.29, 0.717) is 20.3 Å². The highest BCUT2D eigenvalue weighted by Crippen LogP contribution is 2.75. The molecule has 0 amide bonds. The SMILES string of the molecule is CC(C)=CC/C=C(\C)C1CC[C@]2(C)C1[C@H](O)CC1[C@@]3(C)CC[C@H](O)C(C)(C)C3[C@@H](O)C[C@]12C.[B]PC. The number of aliphatic hydroxyl groups excluding tert-OH is 3. The summed E-state index contributed by atoms with van der Waals surface area (Å²) in [5.41, 5.74) is 2.43. The predicted molar refractivity (Wildman–Crippen MR) is 156 cm³/mol. The van der Waals surface area contributed by atoms with Gasteiger partial charge in [-0.05, 0) is 111 Å². The maximum Gasteiger partial charge on any atom is 0.104 e. The molecule has 5 unspecified atom stereocenters. The molecule has 0 aromatic carbocycles. The van der Waals surface area contributed by atoms with Crippen LogP contribution in [0.5, 0.6) is 0 Å². The zero-order valence-electron chi connectivity index (χ0n) is 24.6. The van der Waals surface area contributed by atoms with E-state index in [2.05, 4.69) is 67.5 Å². The second kappa shape index (κ2) is 10.8. The molecule has 5 heteroatoms. The molecule has 2 radical (unpaired) electrons. The van der Waals surface area contributed by atoms with Gasteiger partial charge in [0.15, 0.2) is 0 Å². The van der Waals surface area contributed by atoms with E-state index in [4.69, 9.17) is 7.57 Å². The van der Waals surface area contributed by atoms with Gasteiger partial charge in [0, 0.05) is 0 Å². The molecule has 4 saturated carbocycles. The van der Waals surface area contributed by atoms with Gasteiger partial charge in [0.1, 0.15) is 7.57 Å². The lowest BCUT2D eigenvalue weighted by atomic mass is 9.34. The third-order valence-corrected chi connectivity index (χ3v) is 11.8. The van der Waals surface area contributed by atoms with Crippen LogP contribution in [0.2, 0.25) is 0 Å². The van der Waals surface area contributed by atoms with Crippen molar-refractivity contribution in [1.82, 2.24) is 0 Å². The third kappa shape index (κ3) is 4.73. The molecule has 0 aromatic heterocycles. The van der Waals surface area contributed by atoms with E-state index in [-0.39, 0.29) is 45.7 Å². The van der Waals surface area contributed by atoms with Gasteiger partial charge in [0.25, 0.3) is 0 Å². The minimum atomic E-state index is -0.401. The molecule has 3 nitrogen and oxygen atoms in total. The van der Waals surface area contributed by atoms with Crippen LogP contribution >= 0.6 is 8.46 Å². The summed E-state index contributed by atoms with van der Waals surface area (Å²) in [6, 6.07) is 0. The van der Waals surface area contributed by atoms with Crippen molar-refractivity contribution in [2.75, 3.05) is 6.66 Å². The fraction of sp³-hybridized carbons (Fsp3) is 0.871. The standard InChI is InChI=1S/C30H50O3.CH4BP/c1-18(2)10-9-11-19(3)20-12-15-29(7)25(20)21(31)16-23-28(6)14-13-24(33)27(4,5)26(28)22(32)17-30(23,29)8;1-3-2/h10-11,20-26,31-33H,9,12-17H2,1-8H3;3H,1H3/b19-11+;/t20?,21-,22+,23?,24+,25?,26?,28-,29-,30-;/m1./s1. The maximum absolute atomic E-state index is 11.7. The number of rotatable bonds is 3. The third-order valence-electron chi connectivity index (χ3n) is 11.8. The predicted octanol–water partition coefficient (Wildman–Crippen LogP) is 6.65. The van der Waals surface area contributed by atoms with Crippen LogP contribution in [0.1, 0.15) is 100 Å². The lowest BCUT2D eigenvalue weighted by Gasteiger charge is -2.71. The second-order valence-electron chi connectivity index (χ2n) is 14.2. The van der Waals surface area contributed by atoms with E-state index in [1.807, 2.05) is 6.66 Å². The molecular formula is C31H54BO3P. The lowest BCUT2D eigenvalue weighted by Crippen LogP contribution is -2.69. The fourth-order valence-corrected chi connectivity index (χ4v) is 10.1. The minimum absolute atomic E-state index is 0.00508. The molecule has 0 bridgehead atoms. The van der Waals surface area contributed by atoms with Crippen LogP contribution in [-0.2, 0) is 0 Å². The van der Waals surface area contributed by atoms with Crippen LogP contribution in [0, 0.1) is 45.3 Å². The van der Waals surface area contributed by atoms with Gasteiger partial charge in [-0.3, -0.25) is 0 Å². The highest BCUT2D eigenvalue weighted by molar-refractivity contribution is 7.65. The van der Waals surface area contributed by atoms with Gasteiger partial charge in [-0.15, -0.1) is 0 Å². The molecule has 4 fully saturated rings. The number of fused-ring (bicyclic) bond motifs is 5. The van der Waals surface area contributed by atoms with Crippen molar-refractivity contribution >= 4 is 16.0 Å². The minimum Gasteiger partial charge on any atom is -0.393 e. The second-order valence-corrected chi connectivity index (χ2v) is 14.8. The van der Waals surface area contributed by atoms with Gasteiger partial charge in [-0.25, -0.2) is 0 Å². The summed E-state index contributed by atoms with van der Waals surface area (Å²) in [4.78, 5) is 0. The van der Waals surface area contributed by atoms with Gasteiger partial charge in [0.05, 0.1) is 18.3 Å². The van der Waals surface area contributed by atoms with E-state index >= 15 is 0 Å². The van der Waals surface area contributed by atoms with E-state index in [1.54, 1.807) is 0 Å². The Morgan fingerprint density at radius 3 is 2.11 bits per heavy atom. The van der Waals surface area contributed by atoms with E-state index in [9.17, 15) is 15.3 Å². The van der Waals surface area contributed by atoms with E-state index in [0.717, 1.165) is 44.9 Å². The Kier molecular flexibility index (Phi) is 9.11. The smallest absolute Gasteiger partial charge is 0.104 e. The average Bonchev–Trinajstić information content (AvgIpc) is 3.13. The summed E-state index contributed by atoms with van der Waals surface area (Å²) in [7, 11) is 5.46. The van der Waals surface area contributed by atoms with Crippen LogP contribution in [0.3, 0.4) is 0 Å². The zero-order chi connectivity index (χ0) is 27.3. The molecular weight excluding hydrogens is 462 g/mol. The molecule has 36 heavy (non-hydrogen) atoms. The Morgan fingerprint density at radius 2 is 1.53 bits per heavy atom. The summed E-state index contributed by atoms with van der Waals surface area (Å²) in [5, 5.41) is 34.3. The zero-order valence-corrected chi connectivity index (χ0v) is 25.6. The molecule has 4 aliphatic carbocycles. The monoisotopic (exact) mass is 516 g/mol. The number of hydrogen-bond donors (Lipinski definition) is 3. The molecule has 0 aromatic rings. The molecule has 0 saturated heterocycles. The summed E-state index contributed by atoms with van der Waals surface area (Å²) in [6.07, 6.45) is 10.2. The van der Waals surface area contributed by atoms with Gasteiger partial charge >= 0.3 is 0 Å². The number of allylic oxidation sites excluding steroid dienone is 4. The van der Waals surface area contributed by atoms with Crippen molar-refractivity contribution in [1.29, 1.82) is 0 Å². The first kappa shape index (κ1) is 30.4. The molecule has 0 heterocycles. The first-order chi connectivity index (χ1) is 16.6. The highest BCUT2D eigenvalue weighted by atomic mass is 31.1. The average molecular weight is 517 g/mol. The van der Waals surface area contributed by atoms with E-state index in [1.165, 1.54) is 11.1 Å². The fourth-order valence-electron chi connectivity index (χ4n) is 10.1. The first-order valence-electron chi connectivity index (χ1n) is 14.3. The molecule has 0 aliphatic heterocycles. The van der Waals surface area contributed by atoms with Gasteiger partial charge in [-0.1, -0.05) is 64.6 Å². The van der Waals surface area contributed by atoms with Gasteiger partial charge in [-0.2, -0.15) is 8.46 Å². The van der Waals surface area contributed by atoms with Crippen LogP contribution in [0.15, 0.2) is 23.3 Å². The van der Waals surface area contributed by atoms with Crippen molar-refractivity contribution < 1.29 is 15.3 Å². The Balaban J connectivity index is 0.00000115. The number of aliphatic hydroxyl groups is 3. The maximum atomic E-state index is 11.7. The largest absolute Gasteiger partial charge is 0.393 e. The summed E-state index contributed by atoms with van der Waals surface area (Å²) >= 11 is 0. The number of hydrogen-bond acceptors (Lipinski definition) is 3. The van der Waals surface area contributed by atoms with Crippen LogP contribution in [-0.4, -0.2) is 47.9 Å². The Hall–Kier alpha value is -0.145. The molecule has 4 aliphatic rings.